The predicted molar refractivity (Wildman–Crippen MR) is 59.5 cm³/mol. The van der Waals surface area contributed by atoms with Crippen LogP contribution >= 0.6 is 15.9 Å². The van der Waals surface area contributed by atoms with Crippen LogP contribution in [0.2, 0.25) is 0 Å². The Balaban J connectivity index is 2.98. The Morgan fingerprint density at radius 1 is 1.27 bits per heavy atom. The predicted octanol–water partition coefficient (Wildman–Crippen LogP) is 4.35. The molecule has 0 bridgehead atoms. The summed E-state index contributed by atoms with van der Waals surface area (Å²) in [6.45, 7) is 3.38. The van der Waals surface area contributed by atoms with Gasteiger partial charge in [0, 0.05) is 0 Å². The van der Waals surface area contributed by atoms with Gasteiger partial charge in [-0.2, -0.15) is 8.78 Å². The summed E-state index contributed by atoms with van der Waals surface area (Å²) in [7, 11) is 0. The average Bonchev–Trinajstić information content (AvgIpc) is 2.05. The SMILES string of the molecule is CC(C)(C)c1ccc(OC(F)F)c(Br)c1. The third-order valence-electron chi connectivity index (χ3n) is 2.01. The van der Waals surface area contributed by atoms with Gasteiger partial charge in [-0.1, -0.05) is 26.8 Å². The summed E-state index contributed by atoms with van der Waals surface area (Å²) >= 11 is 3.21. The molecule has 1 nitrogen and oxygen atoms in total. The van der Waals surface area contributed by atoms with E-state index in [4.69, 9.17) is 0 Å². The summed E-state index contributed by atoms with van der Waals surface area (Å²) in [5, 5.41) is 0. The van der Waals surface area contributed by atoms with E-state index in [0.717, 1.165) is 5.56 Å². The first-order valence-electron chi connectivity index (χ1n) is 4.55. The quantitative estimate of drug-likeness (QED) is 0.782. The zero-order valence-electron chi connectivity index (χ0n) is 8.85. The molecule has 0 heterocycles. The third kappa shape index (κ3) is 3.45. The second-order valence-electron chi connectivity index (χ2n) is 4.27. The lowest BCUT2D eigenvalue weighted by atomic mass is 9.87. The second-order valence-corrected chi connectivity index (χ2v) is 5.13. The lowest BCUT2D eigenvalue weighted by molar-refractivity contribution is -0.0503. The van der Waals surface area contributed by atoms with Crippen molar-refractivity contribution in [2.75, 3.05) is 0 Å². The minimum atomic E-state index is -2.79. The minimum Gasteiger partial charge on any atom is -0.434 e. The Hall–Kier alpha value is -0.640. The molecule has 0 fully saturated rings. The van der Waals surface area contributed by atoms with E-state index < -0.39 is 6.61 Å². The summed E-state index contributed by atoms with van der Waals surface area (Å²) in [6.07, 6.45) is 0. The van der Waals surface area contributed by atoms with Crippen LogP contribution in [0.25, 0.3) is 0 Å². The summed E-state index contributed by atoms with van der Waals surface area (Å²) in [4.78, 5) is 0. The van der Waals surface area contributed by atoms with Gasteiger partial charge in [-0.25, -0.2) is 0 Å². The summed E-state index contributed by atoms with van der Waals surface area (Å²) in [5.74, 6) is 0.165. The van der Waals surface area contributed by atoms with Crippen molar-refractivity contribution in [2.24, 2.45) is 0 Å². The van der Waals surface area contributed by atoms with Crippen LogP contribution in [0.4, 0.5) is 8.78 Å². The zero-order chi connectivity index (χ0) is 11.6. The lowest BCUT2D eigenvalue weighted by Gasteiger charge is -2.20. The molecule has 0 atom stereocenters. The largest absolute Gasteiger partial charge is 0.434 e. The van der Waals surface area contributed by atoms with Crippen molar-refractivity contribution in [3.63, 3.8) is 0 Å². The molecule has 1 rings (SSSR count). The Kier molecular flexibility index (Phi) is 3.71. The molecule has 0 aromatic heterocycles. The normalized spacial score (nSPS) is 11.9. The molecule has 0 unspecified atom stereocenters. The number of ether oxygens (including phenoxy) is 1. The monoisotopic (exact) mass is 278 g/mol. The average molecular weight is 279 g/mol. The highest BCUT2D eigenvalue weighted by Gasteiger charge is 2.16. The van der Waals surface area contributed by atoms with Gasteiger partial charge < -0.3 is 4.74 Å². The van der Waals surface area contributed by atoms with Gasteiger partial charge in [-0.05, 0) is 39.0 Å². The Labute approximate surface area is 96.6 Å². The van der Waals surface area contributed by atoms with Crippen LogP contribution in [0, 0.1) is 0 Å². The van der Waals surface area contributed by atoms with E-state index >= 15 is 0 Å². The van der Waals surface area contributed by atoms with Crippen molar-refractivity contribution < 1.29 is 13.5 Å². The zero-order valence-corrected chi connectivity index (χ0v) is 10.4. The summed E-state index contributed by atoms with van der Waals surface area (Å²) < 4.78 is 28.9. The van der Waals surface area contributed by atoms with Crippen molar-refractivity contribution in [1.82, 2.24) is 0 Å². The van der Waals surface area contributed by atoms with Crippen LogP contribution in [0.3, 0.4) is 0 Å². The minimum absolute atomic E-state index is 0.00805. The molecule has 0 amide bonds. The standard InChI is InChI=1S/C11H13BrF2O/c1-11(2,3)7-4-5-9(8(12)6-7)15-10(13)14/h4-6,10H,1-3H3. The molecule has 0 saturated carbocycles. The molecule has 4 heteroatoms. The number of benzene rings is 1. The molecule has 1 aromatic rings. The van der Waals surface area contributed by atoms with Crippen molar-refractivity contribution in [2.45, 2.75) is 32.8 Å². The van der Waals surface area contributed by atoms with E-state index in [1.807, 2.05) is 0 Å². The van der Waals surface area contributed by atoms with Crippen LogP contribution in [0.5, 0.6) is 5.75 Å². The maximum atomic E-state index is 12.0. The summed E-state index contributed by atoms with van der Waals surface area (Å²) in [5.41, 5.74) is 1.06. The molecule has 0 N–H and O–H groups in total. The van der Waals surface area contributed by atoms with Crippen LogP contribution in [-0.2, 0) is 5.41 Å². The fraction of sp³-hybridized carbons (Fsp3) is 0.455. The van der Waals surface area contributed by atoms with E-state index in [-0.39, 0.29) is 11.2 Å². The van der Waals surface area contributed by atoms with Gasteiger partial charge in [0.05, 0.1) is 4.47 Å². The highest BCUT2D eigenvalue weighted by Crippen LogP contribution is 2.32. The number of halogens is 3. The fourth-order valence-corrected chi connectivity index (χ4v) is 1.63. The number of rotatable bonds is 2. The maximum Gasteiger partial charge on any atom is 0.387 e. The molecule has 0 aliphatic heterocycles. The van der Waals surface area contributed by atoms with Gasteiger partial charge in [0.15, 0.2) is 0 Å². The Bertz CT molecular complexity index is 345. The molecular weight excluding hydrogens is 266 g/mol. The Morgan fingerprint density at radius 2 is 1.87 bits per heavy atom. The first-order chi connectivity index (χ1) is 6.80. The molecule has 0 aliphatic rings. The molecule has 1 aromatic carbocycles. The maximum absolute atomic E-state index is 12.0. The van der Waals surface area contributed by atoms with Crippen LogP contribution < -0.4 is 4.74 Å². The van der Waals surface area contributed by atoms with Gasteiger partial charge in [-0.15, -0.1) is 0 Å². The molecule has 0 radical (unpaired) electrons. The van der Waals surface area contributed by atoms with Crippen LogP contribution in [-0.4, -0.2) is 6.61 Å². The number of hydrogen-bond acceptors (Lipinski definition) is 1. The molecule has 84 valence electrons. The Morgan fingerprint density at radius 3 is 2.27 bits per heavy atom. The van der Waals surface area contributed by atoms with E-state index in [9.17, 15) is 8.78 Å². The van der Waals surface area contributed by atoms with Crippen LogP contribution in [0.1, 0.15) is 26.3 Å². The number of hydrogen-bond donors (Lipinski definition) is 0. The van der Waals surface area contributed by atoms with Crippen molar-refractivity contribution in [1.29, 1.82) is 0 Å². The fourth-order valence-electron chi connectivity index (χ4n) is 1.16. The van der Waals surface area contributed by atoms with E-state index in [0.29, 0.717) is 4.47 Å². The van der Waals surface area contributed by atoms with Gasteiger partial charge >= 0.3 is 6.61 Å². The van der Waals surface area contributed by atoms with E-state index in [2.05, 4.69) is 41.4 Å². The lowest BCUT2D eigenvalue weighted by Crippen LogP contribution is -2.11. The second kappa shape index (κ2) is 4.47. The highest BCUT2D eigenvalue weighted by atomic mass is 79.9. The van der Waals surface area contributed by atoms with Crippen molar-refractivity contribution in [3.05, 3.63) is 28.2 Å². The summed E-state index contributed by atoms with van der Waals surface area (Å²) in [6, 6.07) is 5.15. The van der Waals surface area contributed by atoms with E-state index in [1.54, 1.807) is 18.2 Å². The van der Waals surface area contributed by atoms with Crippen molar-refractivity contribution >= 4 is 15.9 Å². The van der Waals surface area contributed by atoms with E-state index in [1.165, 1.54) is 0 Å². The van der Waals surface area contributed by atoms with Gasteiger partial charge in [0.25, 0.3) is 0 Å². The number of alkyl halides is 2. The van der Waals surface area contributed by atoms with Crippen LogP contribution in [0.15, 0.2) is 22.7 Å². The molecule has 0 saturated heterocycles. The molecule has 0 spiro atoms. The highest BCUT2D eigenvalue weighted by molar-refractivity contribution is 9.10. The topological polar surface area (TPSA) is 9.23 Å². The molecule has 0 aliphatic carbocycles. The molecule has 15 heavy (non-hydrogen) atoms. The molecular formula is C11H13BrF2O. The first kappa shape index (κ1) is 12.4. The van der Waals surface area contributed by atoms with Gasteiger partial charge in [0.2, 0.25) is 0 Å². The van der Waals surface area contributed by atoms with Gasteiger partial charge in [0.1, 0.15) is 5.75 Å². The smallest absolute Gasteiger partial charge is 0.387 e. The first-order valence-corrected chi connectivity index (χ1v) is 5.35. The van der Waals surface area contributed by atoms with Gasteiger partial charge in [-0.3, -0.25) is 0 Å². The van der Waals surface area contributed by atoms with Crippen molar-refractivity contribution in [3.8, 4) is 5.75 Å². The third-order valence-corrected chi connectivity index (χ3v) is 2.63.